The van der Waals surface area contributed by atoms with Crippen molar-refractivity contribution in [2.75, 3.05) is 13.3 Å². The first-order valence-corrected chi connectivity index (χ1v) is 9.90. The van der Waals surface area contributed by atoms with Gasteiger partial charge in [0.25, 0.3) is 5.91 Å². The van der Waals surface area contributed by atoms with E-state index in [0.717, 1.165) is 17.7 Å². The molecule has 1 atom stereocenters. The molecule has 6 nitrogen and oxygen atoms in total. The molecule has 0 fully saturated rings. The van der Waals surface area contributed by atoms with Crippen LogP contribution in [-0.2, 0) is 33.7 Å². The largest absolute Gasteiger partial charge is 0.454 e. The summed E-state index contributed by atoms with van der Waals surface area (Å²) in [7, 11) is 0. The molecule has 3 heterocycles. The lowest BCUT2D eigenvalue weighted by Gasteiger charge is -2.29. The minimum absolute atomic E-state index is 0.136. The lowest BCUT2D eigenvalue weighted by Crippen LogP contribution is -2.42. The number of thiophene rings is 1. The van der Waals surface area contributed by atoms with Gasteiger partial charge in [0.2, 0.25) is 6.79 Å². The summed E-state index contributed by atoms with van der Waals surface area (Å²) in [4.78, 5) is 27.9. The van der Waals surface area contributed by atoms with E-state index in [0.29, 0.717) is 25.3 Å². The Bertz CT molecular complexity index is 862. The Kier molecular flexibility index (Phi) is 5.03. The van der Waals surface area contributed by atoms with E-state index in [2.05, 4.69) is 11.4 Å². The van der Waals surface area contributed by atoms with Gasteiger partial charge in [-0.2, -0.15) is 0 Å². The molecule has 0 spiro atoms. The second-order valence-corrected chi connectivity index (χ2v) is 7.70. The summed E-state index contributed by atoms with van der Waals surface area (Å²) in [6, 6.07) is 7.67. The molecule has 7 heteroatoms. The monoisotopic (exact) mass is 387 g/mol. The summed E-state index contributed by atoms with van der Waals surface area (Å²) < 4.78 is 16.0. The molecular formula is C20H21NO5S. The van der Waals surface area contributed by atoms with Crippen molar-refractivity contribution in [2.24, 2.45) is 0 Å². The lowest BCUT2D eigenvalue weighted by atomic mass is 10.1. The third-order valence-corrected chi connectivity index (χ3v) is 5.85. The number of aryl methyl sites for hydroxylation is 1. The molecule has 1 aromatic heterocycles. The van der Waals surface area contributed by atoms with Crippen molar-refractivity contribution >= 4 is 23.2 Å². The predicted octanol–water partition coefficient (Wildman–Crippen LogP) is 2.93. The van der Waals surface area contributed by atoms with Crippen LogP contribution in [0, 0.1) is 0 Å². The Labute approximate surface area is 161 Å². The highest BCUT2D eigenvalue weighted by atomic mass is 32.1. The third-order valence-electron chi connectivity index (χ3n) is 4.83. The van der Waals surface area contributed by atoms with Gasteiger partial charge in [0.1, 0.15) is 0 Å². The molecule has 2 aromatic rings. The second-order valence-electron chi connectivity index (χ2n) is 6.70. The van der Waals surface area contributed by atoms with Crippen LogP contribution in [0.2, 0.25) is 0 Å². The van der Waals surface area contributed by atoms with Crippen LogP contribution in [0.3, 0.4) is 0 Å². The SMILES string of the molecule is CC(OC(=O)CCc1ccc2c(c1)OCO2)C(=O)N1CCc2sccc2C1. The van der Waals surface area contributed by atoms with Crippen LogP contribution in [0.25, 0.3) is 0 Å². The summed E-state index contributed by atoms with van der Waals surface area (Å²) in [5, 5.41) is 2.05. The Balaban J connectivity index is 1.27. The minimum Gasteiger partial charge on any atom is -0.454 e. The first-order chi connectivity index (χ1) is 13.1. The molecule has 2 aliphatic heterocycles. The number of carbonyl (C=O) groups excluding carboxylic acids is 2. The number of benzene rings is 1. The number of rotatable bonds is 5. The van der Waals surface area contributed by atoms with Crippen molar-refractivity contribution < 1.29 is 23.8 Å². The van der Waals surface area contributed by atoms with Gasteiger partial charge in [-0.15, -0.1) is 11.3 Å². The van der Waals surface area contributed by atoms with Crippen LogP contribution in [0.4, 0.5) is 0 Å². The summed E-state index contributed by atoms with van der Waals surface area (Å²) >= 11 is 1.73. The average Bonchev–Trinajstić information content (AvgIpc) is 3.33. The minimum atomic E-state index is -0.769. The molecule has 0 bridgehead atoms. The number of hydrogen-bond acceptors (Lipinski definition) is 6. The number of carbonyl (C=O) groups is 2. The van der Waals surface area contributed by atoms with E-state index in [1.54, 1.807) is 23.2 Å². The fourth-order valence-corrected chi connectivity index (χ4v) is 4.23. The molecule has 0 N–H and O–H groups in total. The van der Waals surface area contributed by atoms with E-state index >= 15 is 0 Å². The van der Waals surface area contributed by atoms with Gasteiger partial charge in [-0.1, -0.05) is 6.07 Å². The van der Waals surface area contributed by atoms with Gasteiger partial charge in [0.15, 0.2) is 17.6 Å². The van der Waals surface area contributed by atoms with Gasteiger partial charge in [-0.05, 0) is 54.5 Å². The smallest absolute Gasteiger partial charge is 0.306 e. The van der Waals surface area contributed by atoms with E-state index in [-0.39, 0.29) is 25.1 Å². The number of amides is 1. The third kappa shape index (κ3) is 3.93. The number of ether oxygens (including phenoxy) is 3. The normalized spacial score (nSPS) is 16.0. The van der Waals surface area contributed by atoms with E-state index in [9.17, 15) is 9.59 Å². The zero-order valence-electron chi connectivity index (χ0n) is 15.1. The Morgan fingerprint density at radius 2 is 2.11 bits per heavy atom. The van der Waals surface area contributed by atoms with Gasteiger partial charge in [0, 0.05) is 24.4 Å². The average molecular weight is 387 g/mol. The molecule has 1 aromatic carbocycles. The summed E-state index contributed by atoms with van der Waals surface area (Å²) in [5.74, 6) is 0.906. The Hall–Kier alpha value is -2.54. The van der Waals surface area contributed by atoms with Gasteiger partial charge >= 0.3 is 5.97 Å². The Morgan fingerprint density at radius 3 is 3.00 bits per heavy atom. The maximum atomic E-state index is 12.6. The predicted molar refractivity (Wildman–Crippen MR) is 99.9 cm³/mol. The van der Waals surface area contributed by atoms with E-state index in [4.69, 9.17) is 14.2 Å². The second kappa shape index (κ2) is 7.60. The first kappa shape index (κ1) is 17.9. The van der Waals surface area contributed by atoms with Crippen molar-refractivity contribution in [3.63, 3.8) is 0 Å². The number of fused-ring (bicyclic) bond motifs is 2. The molecule has 1 unspecified atom stereocenters. The molecule has 1 amide bonds. The van der Waals surface area contributed by atoms with Crippen molar-refractivity contribution in [1.29, 1.82) is 0 Å². The highest BCUT2D eigenvalue weighted by molar-refractivity contribution is 7.10. The quantitative estimate of drug-likeness (QED) is 0.738. The first-order valence-electron chi connectivity index (χ1n) is 9.02. The van der Waals surface area contributed by atoms with Crippen LogP contribution in [-0.4, -0.2) is 36.2 Å². The van der Waals surface area contributed by atoms with Gasteiger partial charge in [0.05, 0.1) is 0 Å². The topological polar surface area (TPSA) is 65.1 Å². The van der Waals surface area contributed by atoms with Crippen LogP contribution < -0.4 is 9.47 Å². The maximum Gasteiger partial charge on any atom is 0.306 e. The molecule has 27 heavy (non-hydrogen) atoms. The lowest BCUT2D eigenvalue weighted by molar-refractivity contribution is -0.159. The molecular weight excluding hydrogens is 366 g/mol. The highest BCUT2D eigenvalue weighted by Gasteiger charge is 2.27. The molecule has 0 saturated carbocycles. The fraction of sp³-hybridized carbons (Fsp3) is 0.400. The molecule has 0 saturated heterocycles. The van der Waals surface area contributed by atoms with Gasteiger partial charge in [-0.25, -0.2) is 0 Å². The summed E-state index contributed by atoms with van der Waals surface area (Å²) in [6.45, 7) is 3.13. The standard InChI is InChI=1S/C20H21NO5S/c1-13(20(23)21-8-6-18-15(11-21)7-9-27-18)26-19(22)5-3-14-2-4-16-17(10-14)25-12-24-16/h2,4,7,9-10,13H,3,5-6,8,11-12H2,1H3. The maximum absolute atomic E-state index is 12.6. The molecule has 4 rings (SSSR count). The number of nitrogens with zero attached hydrogens (tertiary/aromatic N) is 1. The van der Waals surface area contributed by atoms with E-state index in [1.165, 1.54) is 10.4 Å². The van der Waals surface area contributed by atoms with Crippen LogP contribution in [0.15, 0.2) is 29.6 Å². The van der Waals surface area contributed by atoms with Crippen molar-refractivity contribution in [1.82, 2.24) is 4.90 Å². The Morgan fingerprint density at radius 1 is 1.26 bits per heavy atom. The van der Waals surface area contributed by atoms with Crippen molar-refractivity contribution in [3.05, 3.63) is 45.6 Å². The summed E-state index contributed by atoms with van der Waals surface area (Å²) in [6.07, 6.45) is 0.836. The zero-order chi connectivity index (χ0) is 18.8. The van der Waals surface area contributed by atoms with Gasteiger partial charge in [-0.3, -0.25) is 9.59 Å². The van der Waals surface area contributed by atoms with Crippen molar-refractivity contribution in [3.8, 4) is 11.5 Å². The summed E-state index contributed by atoms with van der Waals surface area (Å²) in [5.41, 5.74) is 2.16. The van der Waals surface area contributed by atoms with Crippen LogP contribution >= 0.6 is 11.3 Å². The van der Waals surface area contributed by atoms with Crippen LogP contribution in [0.5, 0.6) is 11.5 Å². The van der Waals surface area contributed by atoms with Gasteiger partial charge < -0.3 is 19.1 Å². The molecule has 0 aliphatic carbocycles. The molecule has 2 aliphatic rings. The fourth-order valence-electron chi connectivity index (χ4n) is 3.34. The molecule has 0 radical (unpaired) electrons. The highest BCUT2D eigenvalue weighted by Crippen LogP contribution is 2.32. The molecule has 142 valence electrons. The van der Waals surface area contributed by atoms with Crippen molar-refractivity contribution in [2.45, 2.75) is 38.8 Å². The van der Waals surface area contributed by atoms with E-state index < -0.39 is 6.10 Å². The number of esters is 1. The van der Waals surface area contributed by atoms with Crippen LogP contribution in [0.1, 0.15) is 29.3 Å². The van der Waals surface area contributed by atoms with E-state index in [1.807, 2.05) is 18.2 Å². The number of hydrogen-bond donors (Lipinski definition) is 0. The zero-order valence-corrected chi connectivity index (χ0v) is 15.9.